The van der Waals surface area contributed by atoms with Crippen LogP contribution in [0.15, 0.2) is 24.3 Å². The molecule has 3 unspecified atom stereocenters. The third-order valence-electron chi connectivity index (χ3n) is 3.72. The Hall–Kier alpha value is -1.57. The highest BCUT2D eigenvalue weighted by Crippen LogP contribution is 2.19. The number of benzene rings is 1. The fourth-order valence-electron chi connectivity index (χ4n) is 2.51. The number of nitrogens with one attached hydrogen (secondary N) is 1. The molecule has 2 N–H and O–H groups in total. The highest BCUT2D eigenvalue weighted by Gasteiger charge is 2.21. The van der Waals surface area contributed by atoms with Crippen LogP contribution in [0.2, 0.25) is 0 Å². The standard InChI is InChI=1S/C16H22N2O2/c1-12(10-17)20-14-8-6-13(7-9-14)11-18-15-4-2-3-5-16(15)19/h6-9,12,15-16,18-19H,2-5,11H2,1H3. The molecule has 1 aliphatic rings. The van der Waals surface area contributed by atoms with Crippen LogP contribution in [0.1, 0.15) is 38.2 Å². The molecule has 0 spiro atoms. The van der Waals surface area contributed by atoms with Crippen molar-refractivity contribution in [3.05, 3.63) is 29.8 Å². The first-order chi connectivity index (χ1) is 9.69. The van der Waals surface area contributed by atoms with Gasteiger partial charge in [-0.1, -0.05) is 25.0 Å². The number of aliphatic hydroxyl groups excluding tert-OH is 1. The topological polar surface area (TPSA) is 65.3 Å². The molecule has 0 amide bonds. The van der Waals surface area contributed by atoms with Gasteiger partial charge >= 0.3 is 0 Å². The SMILES string of the molecule is CC(C#N)Oc1ccc(CNC2CCCCC2O)cc1. The van der Waals surface area contributed by atoms with Crippen LogP contribution in [0.3, 0.4) is 0 Å². The fourth-order valence-corrected chi connectivity index (χ4v) is 2.51. The lowest BCUT2D eigenvalue weighted by atomic mass is 9.92. The van der Waals surface area contributed by atoms with Crippen LogP contribution >= 0.6 is 0 Å². The minimum atomic E-state index is -0.434. The number of rotatable bonds is 5. The fraction of sp³-hybridized carbons (Fsp3) is 0.562. The second kappa shape index (κ2) is 7.28. The number of hydrogen-bond acceptors (Lipinski definition) is 4. The largest absolute Gasteiger partial charge is 0.476 e. The summed E-state index contributed by atoms with van der Waals surface area (Å²) in [7, 11) is 0. The van der Waals surface area contributed by atoms with Gasteiger partial charge in [0.1, 0.15) is 11.8 Å². The third-order valence-corrected chi connectivity index (χ3v) is 3.72. The quantitative estimate of drug-likeness (QED) is 0.865. The molecule has 1 aromatic carbocycles. The summed E-state index contributed by atoms with van der Waals surface area (Å²) >= 11 is 0. The zero-order valence-electron chi connectivity index (χ0n) is 11.9. The van der Waals surface area contributed by atoms with E-state index in [1.54, 1.807) is 6.92 Å². The number of nitrogens with zero attached hydrogens (tertiary/aromatic N) is 1. The molecule has 0 heterocycles. The Bertz CT molecular complexity index is 453. The van der Waals surface area contributed by atoms with Gasteiger partial charge in [0.05, 0.1) is 6.10 Å². The normalized spacial score (nSPS) is 23.9. The molecule has 0 radical (unpaired) electrons. The molecule has 0 aliphatic heterocycles. The van der Waals surface area contributed by atoms with Crippen molar-refractivity contribution in [2.24, 2.45) is 0 Å². The second-order valence-electron chi connectivity index (χ2n) is 5.37. The third kappa shape index (κ3) is 4.22. The highest BCUT2D eigenvalue weighted by molar-refractivity contribution is 5.27. The first-order valence-corrected chi connectivity index (χ1v) is 7.25. The van der Waals surface area contributed by atoms with Crippen molar-refractivity contribution in [1.29, 1.82) is 5.26 Å². The molecule has 3 atom stereocenters. The summed E-state index contributed by atoms with van der Waals surface area (Å²) in [6, 6.07) is 9.98. The molecule has 20 heavy (non-hydrogen) atoms. The van der Waals surface area contributed by atoms with Gasteiger partial charge in [0.15, 0.2) is 6.10 Å². The van der Waals surface area contributed by atoms with Gasteiger partial charge in [-0.3, -0.25) is 0 Å². The lowest BCUT2D eigenvalue weighted by Crippen LogP contribution is -2.41. The minimum Gasteiger partial charge on any atom is -0.476 e. The first kappa shape index (κ1) is 14.8. The van der Waals surface area contributed by atoms with E-state index in [1.165, 1.54) is 6.42 Å². The van der Waals surface area contributed by atoms with Gasteiger partial charge in [-0.05, 0) is 37.5 Å². The van der Waals surface area contributed by atoms with E-state index < -0.39 is 6.10 Å². The van der Waals surface area contributed by atoms with Crippen LogP contribution < -0.4 is 10.1 Å². The summed E-state index contributed by atoms with van der Waals surface area (Å²) in [4.78, 5) is 0. The van der Waals surface area contributed by atoms with E-state index in [0.717, 1.165) is 31.4 Å². The van der Waals surface area contributed by atoms with Gasteiger partial charge in [-0.25, -0.2) is 0 Å². The molecule has 4 nitrogen and oxygen atoms in total. The maximum absolute atomic E-state index is 9.90. The highest BCUT2D eigenvalue weighted by atomic mass is 16.5. The van der Waals surface area contributed by atoms with Crippen molar-refractivity contribution >= 4 is 0 Å². The van der Waals surface area contributed by atoms with E-state index in [9.17, 15) is 5.11 Å². The van der Waals surface area contributed by atoms with Crippen LogP contribution in [-0.4, -0.2) is 23.4 Å². The van der Waals surface area contributed by atoms with Gasteiger partial charge < -0.3 is 15.2 Å². The van der Waals surface area contributed by atoms with Gasteiger partial charge in [0.2, 0.25) is 0 Å². The van der Waals surface area contributed by atoms with Crippen molar-refractivity contribution in [3.63, 3.8) is 0 Å². The summed E-state index contributed by atoms with van der Waals surface area (Å²) in [5, 5.41) is 22.0. The van der Waals surface area contributed by atoms with Crippen LogP contribution in [0.4, 0.5) is 0 Å². The van der Waals surface area contributed by atoms with Crippen molar-refractivity contribution in [2.45, 2.75) is 57.4 Å². The average Bonchev–Trinajstić information content (AvgIpc) is 2.48. The zero-order chi connectivity index (χ0) is 14.4. The molecule has 2 rings (SSSR count). The van der Waals surface area contributed by atoms with E-state index in [0.29, 0.717) is 5.75 Å². The van der Waals surface area contributed by atoms with Crippen LogP contribution in [0.25, 0.3) is 0 Å². The second-order valence-corrected chi connectivity index (χ2v) is 5.37. The van der Waals surface area contributed by atoms with Crippen LogP contribution in [0, 0.1) is 11.3 Å². The summed E-state index contributed by atoms with van der Waals surface area (Å²) in [5.41, 5.74) is 1.15. The molecule has 1 aromatic rings. The van der Waals surface area contributed by atoms with Gasteiger partial charge in [-0.15, -0.1) is 0 Å². The van der Waals surface area contributed by atoms with Crippen LogP contribution in [-0.2, 0) is 6.54 Å². The molecular weight excluding hydrogens is 252 g/mol. The molecule has 4 heteroatoms. The van der Waals surface area contributed by atoms with Gasteiger partial charge in [-0.2, -0.15) is 5.26 Å². The molecule has 108 valence electrons. The predicted molar refractivity (Wildman–Crippen MR) is 77.2 cm³/mol. The van der Waals surface area contributed by atoms with Crippen molar-refractivity contribution in [1.82, 2.24) is 5.32 Å². The van der Waals surface area contributed by atoms with E-state index in [4.69, 9.17) is 10.00 Å². The van der Waals surface area contributed by atoms with E-state index in [2.05, 4.69) is 5.32 Å². The van der Waals surface area contributed by atoms with Crippen molar-refractivity contribution in [2.75, 3.05) is 0 Å². The maximum atomic E-state index is 9.90. The summed E-state index contributed by atoms with van der Waals surface area (Å²) in [5.74, 6) is 0.709. The smallest absolute Gasteiger partial charge is 0.181 e. The lowest BCUT2D eigenvalue weighted by Gasteiger charge is -2.28. The molecule has 1 fully saturated rings. The summed E-state index contributed by atoms with van der Waals surface area (Å²) in [6.07, 6.45) is 3.60. The Kier molecular flexibility index (Phi) is 5.40. The minimum absolute atomic E-state index is 0.207. The van der Waals surface area contributed by atoms with E-state index in [1.807, 2.05) is 30.3 Å². The van der Waals surface area contributed by atoms with Crippen LogP contribution in [0.5, 0.6) is 5.75 Å². The Morgan fingerprint density at radius 1 is 1.35 bits per heavy atom. The number of hydrogen-bond donors (Lipinski definition) is 2. The molecular formula is C16H22N2O2. The van der Waals surface area contributed by atoms with Crippen molar-refractivity contribution < 1.29 is 9.84 Å². The van der Waals surface area contributed by atoms with Gasteiger partial charge in [0, 0.05) is 12.6 Å². The zero-order valence-corrected chi connectivity index (χ0v) is 11.9. The Morgan fingerprint density at radius 2 is 2.05 bits per heavy atom. The maximum Gasteiger partial charge on any atom is 0.181 e. The Morgan fingerprint density at radius 3 is 2.70 bits per heavy atom. The average molecular weight is 274 g/mol. The molecule has 0 bridgehead atoms. The number of aliphatic hydroxyl groups is 1. The Balaban J connectivity index is 1.83. The summed E-state index contributed by atoms with van der Waals surface area (Å²) in [6.45, 7) is 2.47. The van der Waals surface area contributed by atoms with Crippen molar-refractivity contribution in [3.8, 4) is 11.8 Å². The predicted octanol–water partition coefficient (Wildman–Crippen LogP) is 2.37. The molecule has 1 aliphatic carbocycles. The van der Waals surface area contributed by atoms with Gasteiger partial charge in [0.25, 0.3) is 0 Å². The summed E-state index contributed by atoms with van der Waals surface area (Å²) < 4.78 is 5.41. The lowest BCUT2D eigenvalue weighted by molar-refractivity contribution is 0.0902. The molecule has 0 saturated heterocycles. The molecule has 1 saturated carbocycles. The van der Waals surface area contributed by atoms with E-state index >= 15 is 0 Å². The molecule has 0 aromatic heterocycles. The number of ether oxygens (including phenoxy) is 1. The monoisotopic (exact) mass is 274 g/mol. The first-order valence-electron chi connectivity index (χ1n) is 7.25. The number of nitriles is 1. The van der Waals surface area contributed by atoms with E-state index in [-0.39, 0.29) is 12.1 Å². The Labute approximate surface area is 120 Å².